The molecule has 0 radical (unpaired) electrons. The van der Waals surface area contributed by atoms with Gasteiger partial charge >= 0.3 is 6.03 Å². The quantitative estimate of drug-likeness (QED) is 0.549. The van der Waals surface area contributed by atoms with Gasteiger partial charge in [-0.1, -0.05) is 18.2 Å². The molecule has 1 aromatic heterocycles. The van der Waals surface area contributed by atoms with E-state index in [9.17, 15) is 4.79 Å². The minimum absolute atomic E-state index is 0.0821. The molecule has 2 amide bonds. The minimum atomic E-state index is -0.153. The Balaban J connectivity index is 1.10. The van der Waals surface area contributed by atoms with Crippen molar-refractivity contribution in [3.8, 4) is 16.9 Å². The molecule has 3 aliphatic rings. The van der Waals surface area contributed by atoms with E-state index in [1.54, 1.807) is 4.90 Å². The highest BCUT2D eigenvalue weighted by molar-refractivity contribution is 7.10. The molecule has 10 heteroatoms. The largest absolute Gasteiger partial charge is 0.487 e. The van der Waals surface area contributed by atoms with E-state index in [1.807, 2.05) is 24.3 Å². The maximum Gasteiger partial charge on any atom is 0.321 e. The summed E-state index contributed by atoms with van der Waals surface area (Å²) >= 11 is 7.25. The number of nitrogens with zero attached hydrogens (tertiary/aromatic N) is 4. The topological polar surface area (TPSA) is 79.8 Å². The van der Waals surface area contributed by atoms with Crippen LogP contribution in [0.1, 0.15) is 18.4 Å². The molecule has 3 aromatic rings. The van der Waals surface area contributed by atoms with Crippen LogP contribution in [0, 0.1) is 0 Å². The van der Waals surface area contributed by atoms with E-state index in [0.29, 0.717) is 31.6 Å². The van der Waals surface area contributed by atoms with Crippen molar-refractivity contribution in [2.45, 2.75) is 24.9 Å². The lowest BCUT2D eigenvalue weighted by Gasteiger charge is -2.38. The molecule has 4 heterocycles. The Labute approximate surface area is 213 Å². The van der Waals surface area contributed by atoms with Crippen LogP contribution < -0.4 is 15.0 Å². The number of fused-ring (bicyclic) bond motifs is 1. The van der Waals surface area contributed by atoms with Crippen LogP contribution in [0.3, 0.4) is 0 Å². The first kappa shape index (κ1) is 22.6. The fourth-order valence-corrected chi connectivity index (χ4v) is 5.90. The summed E-state index contributed by atoms with van der Waals surface area (Å²) in [4.78, 5) is 20.8. The van der Waals surface area contributed by atoms with E-state index in [1.165, 1.54) is 17.1 Å². The third-order valence-corrected chi connectivity index (χ3v) is 8.05. The Hall–Kier alpha value is -2.88. The van der Waals surface area contributed by atoms with E-state index in [4.69, 9.17) is 21.1 Å². The van der Waals surface area contributed by atoms with E-state index in [2.05, 4.69) is 37.8 Å². The third-order valence-electron chi connectivity index (χ3n) is 7.00. The van der Waals surface area contributed by atoms with Crippen LogP contribution in [0.15, 0.2) is 42.5 Å². The second-order valence-corrected chi connectivity index (χ2v) is 10.3. The molecular weight excluding hydrogens is 486 g/mol. The van der Waals surface area contributed by atoms with Gasteiger partial charge < -0.3 is 24.6 Å². The number of anilines is 2. The minimum Gasteiger partial charge on any atom is -0.487 e. The molecule has 2 aromatic carbocycles. The summed E-state index contributed by atoms with van der Waals surface area (Å²) in [6, 6.07) is 14.4. The van der Waals surface area contributed by atoms with Gasteiger partial charge in [-0.3, -0.25) is 0 Å². The average molecular weight is 512 g/mol. The van der Waals surface area contributed by atoms with Crippen LogP contribution in [0.2, 0.25) is 5.28 Å². The van der Waals surface area contributed by atoms with Gasteiger partial charge in [0.15, 0.2) is 0 Å². The molecule has 1 spiro atoms. The summed E-state index contributed by atoms with van der Waals surface area (Å²) in [7, 11) is 0. The zero-order valence-electron chi connectivity index (χ0n) is 19.2. The summed E-state index contributed by atoms with van der Waals surface area (Å²) in [5.41, 5.74) is 4.15. The van der Waals surface area contributed by atoms with Crippen LogP contribution in [0.5, 0.6) is 5.75 Å². The maximum atomic E-state index is 12.4. The molecular formula is C25H26ClN5O3S. The van der Waals surface area contributed by atoms with E-state index >= 15 is 0 Å². The molecule has 2 fully saturated rings. The van der Waals surface area contributed by atoms with Crippen molar-refractivity contribution >= 4 is 40.0 Å². The van der Waals surface area contributed by atoms with Crippen LogP contribution in [-0.4, -0.2) is 65.3 Å². The van der Waals surface area contributed by atoms with E-state index in [0.717, 1.165) is 60.0 Å². The highest BCUT2D eigenvalue weighted by atomic mass is 35.5. The van der Waals surface area contributed by atoms with Crippen molar-refractivity contribution in [1.82, 2.24) is 14.3 Å². The summed E-state index contributed by atoms with van der Waals surface area (Å²) in [5, 5.41) is 4.18. The molecule has 8 nitrogen and oxygen atoms in total. The van der Waals surface area contributed by atoms with Gasteiger partial charge in [-0.15, -0.1) is 0 Å². The number of aromatic nitrogens is 2. The van der Waals surface area contributed by atoms with Crippen LogP contribution in [-0.2, 0) is 11.2 Å². The molecule has 2 saturated heterocycles. The number of nitrogens with one attached hydrogen (secondary N) is 1. The molecule has 0 unspecified atom stereocenters. The normalized spacial score (nSPS) is 18.9. The first-order valence-corrected chi connectivity index (χ1v) is 13.0. The Kier molecular flexibility index (Phi) is 5.99. The summed E-state index contributed by atoms with van der Waals surface area (Å²) in [5.74, 6) is 0.982. The highest BCUT2D eigenvalue weighted by Crippen LogP contribution is 2.43. The van der Waals surface area contributed by atoms with Gasteiger partial charge in [-0.25, -0.2) is 4.79 Å². The smallest absolute Gasteiger partial charge is 0.321 e. The van der Waals surface area contributed by atoms with Crippen LogP contribution >= 0.6 is 23.1 Å². The molecule has 6 rings (SSSR count). The lowest BCUT2D eigenvalue weighted by atomic mass is 9.87. The molecule has 35 heavy (non-hydrogen) atoms. The number of urea groups is 1. The molecule has 1 N–H and O–H groups in total. The van der Waals surface area contributed by atoms with Gasteiger partial charge in [-0.2, -0.15) is 9.36 Å². The fraction of sp³-hybridized carbons (Fsp3) is 0.400. The molecule has 3 aliphatic heterocycles. The van der Waals surface area contributed by atoms with E-state index < -0.39 is 0 Å². The first-order chi connectivity index (χ1) is 17.1. The van der Waals surface area contributed by atoms with Gasteiger partial charge in [0.05, 0.1) is 13.2 Å². The number of benzene rings is 2. The number of halogens is 1. The number of hydrogen-bond donors (Lipinski definition) is 1. The van der Waals surface area contributed by atoms with Crippen molar-refractivity contribution in [1.29, 1.82) is 0 Å². The van der Waals surface area contributed by atoms with Crippen molar-refractivity contribution in [3.63, 3.8) is 0 Å². The lowest BCUT2D eigenvalue weighted by Crippen LogP contribution is -2.47. The number of morpholine rings is 1. The Bertz CT molecular complexity index is 1220. The predicted molar refractivity (Wildman–Crippen MR) is 137 cm³/mol. The summed E-state index contributed by atoms with van der Waals surface area (Å²) in [6.45, 7) is 4.18. The van der Waals surface area contributed by atoms with Gasteiger partial charge in [0.2, 0.25) is 10.4 Å². The Morgan fingerprint density at radius 3 is 2.49 bits per heavy atom. The number of amides is 2. The summed E-state index contributed by atoms with van der Waals surface area (Å²) in [6.07, 6.45) is 2.78. The van der Waals surface area contributed by atoms with Crippen molar-refractivity contribution < 1.29 is 14.3 Å². The average Bonchev–Trinajstić information content (AvgIpc) is 3.48. The van der Waals surface area contributed by atoms with Gasteiger partial charge in [-0.05, 0) is 52.6 Å². The van der Waals surface area contributed by atoms with Crippen molar-refractivity contribution in [2.24, 2.45) is 0 Å². The number of ether oxygens (including phenoxy) is 2. The van der Waals surface area contributed by atoms with E-state index in [-0.39, 0.29) is 11.6 Å². The number of hydrogen-bond acceptors (Lipinski definition) is 7. The molecule has 0 bridgehead atoms. The number of carbonyl (C=O) groups excluding carboxylic acids is 1. The van der Waals surface area contributed by atoms with Crippen LogP contribution in [0.4, 0.5) is 15.6 Å². The fourth-order valence-electron chi connectivity index (χ4n) is 5.04. The molecule has 0 aliphatic carbocycles. The molecule has 0 saturated carbocycles. The maximum absolute atomic E-state index is 12.4. The van der Waals surface area contributed by atoms with Crippen molar-refractivity contribution in [3.05, 3.63) is 53.3 Å². The van der Waals surface area contributed by atoms with Gasteiger partial charge in [0, 0.05) is 62.7 Å². The van der Waals surface area contributed by atoms with Gasteiger partial charge in [0.1, 0.15) is 11.4 Å². The number of piperidine rings is 1. The standard InChI is InChI=1S/C25H26ClN5O3S/c26-22-28-24(35-29-22)31-9-7-25(8-10-31)16-19-15-18(3-6-21(19)34-25)17-1-4-20(5-2-17)27-23(32)30-11-13-33-14-12-30/h1-6,15H,7-14,16H2,(H,27,32). The molecule has 0 atom stereocenters. The lowest BCUT2D eigenvalue weighted by molar-refractivity contribution is 0.0564. The number of rotatable bonds is 3. The van der Waals surface area contributed by atoms with Crippen molar-refractivity contribution in [2.75, 3.05) is 49.6 Å². The monoisotopic (exact) mass is 511 g/mol. The number of carbonyl (C=O) groups is 1. The zero-order chi connectivity index (χ0) is 23.8. The first-order valence-electron chi connectivity index (χ1n) is 11.9. The second kappa shape index (κ2) is 9.29. The Morgan fingerprint density at radius 2 is 1.77 bits per heavy atom. The second-order valence-electron chi connectivity index (χ2n) is 9.22. The predicted octanol–water partition coefficient (Wildman–Crippen LogP) is 4.70. The van der Waals surface area contributed by atoms with Crippen LogP contribution in [0.25, 0.3) is 11.1 Å². The highest BCUT2D eigenvalue weighted by Gasteiger charge is 2.42. The Morgan fingerprint density at radius 1 is 1.03 bits per heavy atom. The summed E-state index contributed by atoms with van der Waals surface area (Å²) < 4.78 is 15.9. The third kappa shape index (κ3) is 4.68. The zero-order valence-corrected chi connectivity index (χ0v) is 20.8. The SMILES string of the molecule is O=C(Nc1ccc(-c2ccc3c(c2)CC2(CCN(c4nc(Cl)ns4)CC2)O3)cc1)N1CCOCC1. The molecule has 182 valence electrons. The van der Waals surface area contributed by atoms with Gasteiger partial charge in [0.25, 0.3) is 0 Å².